The Labute approximate surface area is 105 Å². The summed E-state index contributed by atoms with van der Waals surface area (Å²) in [7, 11) is 0. The van der Waals surface area contributed by atoms with E-state index in [0.717, 1.165) is 19.6 Å². The number of hydrogen-bond donors (Lipinski definition) is 1. The Morgan fingerprint density at radius 3 is 2.24 bits per heavy atom. The van der Waals surface area contributed by atoms with E-state index in [1.165, 1.54) is 19.3 Å². The number of rotatable bonds is 6. The zero-order valence-corrected chi connectivity index (χ0v) is 11.8. The maximum absolute atomic E-state index is 9.32. The summed E-state index contributed by atoms with van der Waals surface area (Å²) in [5.74, 6) is 0. The Morgan fingerprint density at radius 2 is 1.82 bits per heavy atom. The summed E-state index contributed by atoms with van der Waals surface area (Å²) in [5, 5.41) is 9.32. The number of ether oxygens (including phenoxy) is 2. The molecule has 0 spiro atoms. The topological polar surface area (TPSA) is 38.7 Å². The van der Waals surface area contributed by atoms with Crippen LogP contribution in [0.15, 0.2) is 0 Å². The molecule has 1 aliphatic heterocycles. The number of unbranched alkanes of at least 4 members (excludes halogenated alkanes) is 1. The first-order chi connectivity index (χ1) is 7.99. The second-order valence-electron chi connectivity index (χ2n) is 6.06. The van der Waals surface area contributed by atoms with E-state index in [1.807, 2.05) is 13.8 Å². The fourth-order valence-electron chi connectivity index (χ4n) is 2.20. The van der Waals surface area contributed by atoms with Crippen molar-refractivity contribution in [2.24, 2.45) is 10.8 Å². The molecule has 1 rings (SSSR count). The van der Waals surface area contributed by atoms with Gasteiger partial charge in [0.1, 0.15) is 0 Å². The summed E-state index contributed by atoms with van der Waals surface area (Å²) in [6, 6.07) is 0. The van der Waals surface area contributed by atoms with E-state index in [4.69, 9.17) is 9.47 Å². The summed E-state index contributed by atoms with van der Waals surface area (Å²) in [4.78, 5) is 0. The number of hydrogen-bond acceptors (Lipinski definition) is 3. The Balaban J connectivity index is 2.53. The SMILES string of the molecule is CCCCC1(CC)COC(C(C)(C)CO)OC1. The predicted molar refractivity (Wildman–Crippen MR) is 68.8 cm³/mol. The molecule has 0 bridgehead atoms. The van der Waals surface area contributed by atoms with Gasteiger partial charge in [-0.3, -0.25) is 0 Å². The molecule has 102 valence electrons. The second-order valence-corrected chi connectivity index (χ2v) is 6.06. The molecule has 0 amide bonds. The average Bonchev–Trinajstić information content (AvgIpc) is 2.37. The quantitative estimate of drug-likeness (QED) is 0.780. The van der Waals surface area contributed by atoms with Gasteiger partial charge < -0.3 is 14.6 Å². The van der Waals surface area contributed by atoms with E-state index in [9.17, 15) is 5.11 Å². The van der Waals surface area contributed by atoms with Gasteiger partial charge in [-0.1, -0.05) is 40.5 Å². The van der Waals surface area contributed by atoms with Crippen LogP contribution >= 0.6 is 0 Å². The van der Waals surface area contributed by atoms with Crippen LogP contribution in [0.4, 0.5) is 0 Å². The maximum atomic E-state index is 9.32. The lowest BCUT2D eigenvalue weighted by atomic mass is 9.80. The van der Waals surface area contributed by atoms with E-state index in [2.05, 4.69) is 13.8 Å². The molecule has 1 saturated heterocycles. The van der Waals surface area contributed by atoms with Gasteiger partial charge in [-0.2, -0.15) is 0 Å². The van der Waals surface area contributed by atoms with Crippen molar-refractivity contribution in [3.05, 3.63) is 0 Å². The molecular weight excluding hydrogens is 216 g/mol. The lowest BCUT2D eigenvalue weighted by molar-refractivity contribution is -0.275. The maximum Gasteiger partial charge on any atom is 0.164 e. The first-order valence-corrected chi connectivity index (χ1v) is 6.84. The predicted octanol–water partition coefficient (Wildman–Crippen LogP) is 2.96. The molecule has 0 aromatic heterocycles. The van der Waals surface area contributed by atoms with E-state index in [0.29, 0.717) is 0 Å². The van der Waals surface area contributed by atoms with Crippen molar-refractivity contribution in [1.82, 2.24) is 0 Å². The van der Waals surface area contributed by atoms with Gasteiger partial charge >= 0.3 is 0 Å². The average molecular weight is 244 g/mol. The van der Waals surface area contributed by atoms with Crippen LogP contribution < -0.4 is 0 Å². The smallest absolute Gasteiger partial charge is 0.164 e. The third-order valence-electron chi connectivity index (χ3n) is 3.94. The summed E-state index contributed by atoms with van der Waals surface area (Å²) in [6.07, 6.45) is 4.45. The van der Waals surface area contributed by atoms with Crippen LogP contribution in [-0.2, 0) is 9.47 Å². The van der Waals surface area contributed by atoms with Gasteiger partial charge in [0.15, 0.2) is 6.29 Å². The van der Waals surface area contributed by atoms with E-state index in [-0.39, 0.29) is 23.7 Å². The summed E-state index contributed by atoms with van der Waals surface area (Å²) in [5.41, 5.74) is -0.122. The molecule has 0 atom stereocenters. The third kappa shape index (κ3) is 3.67. The molecule has 0 radical (unpaired) electrons. The number of aliphatic hydroxyl groups excluding tert-OH is 1. The zero-order valence-electron chi connectivity index (χ0n) is 11.8. The Bertz CT molecular complexity index is 218. The van der Waals surface area contributed by atoms with Crippen LogP contribution in [0, 0.1) is 10.8 Å². The summed E-state index contributed by atoms with van der Waals surface area (Å²) in [6.45, 7) is 9.98. The third-order valence-corrected chi connectivity index (χ3v) is 3.94. The highest BCUT2D eigenvalue weighted by Gasteiger charge is 2.40. The van der Waals surface area contributed by atoms with E-state index < -0.39 is 0 Å². The Kier molecular flexibility index (Phi) is 5.42. The molecule has 0 aliphatic carbocycles. The minimum Gasteiger partial charge on any atom is -0.396 e. The minimum atomic E-state index is -0.315. The van der Waals surface area contributed by atoms with Crippen LogP contribution in [0.1, 0.15) is 53.4 Å². The van der Waals surface area contributed by atoms with Crippen LogP contribution in [-0.4, -0.2) is 31.2 Å². The molecule has 0 unspecified atom stereocenters. The second kappa shape index (κ2) is 6.17. The van der Waals surface area contributed by atoms with Gasteiger partial charge in [-0.15, -0.1) is 0 Å². The highest BCUT2D eigenvalue weighted by Crippen LogP contribution is 2.37. The van der Waals surface area contributed by atoms with Crippen LogP contribution in [0.2, 0.25) is 0 Å². The fraction of sp³-hybridized carbons (Fsp3) is 1.00. The zero-order chi connectivity index (χ0) is 12.9. The van der Waals surface area contributed by atoms with E-state index in [1.54, 1.807) is 0 Å². The van der Waals surface area contributed by atoms with Crippen molar-refractivity contribution in [2.45, 2.75) is 59.7 Å². The molecule has 3 nitrogen and oxygen atoms in total. The Morgan fingerprint density at radius 1 is 1.24 bits per heavy atom. The first kappa shape index (κ1) is 14.9. The normalized spacial score (nSPS) is 30.5. The molecular formula is C14H28O3. The number of aliphatic hydroxyl groups is 1. The van der Waals surface area contributed by atoms with E-state index >= 15 is 0 Å². The van der Waals surface area contributed by atoms with Crippen molar-refractivity contribution in [2.75, 3.05) is 19.8 Å². The van der Waals surface area contributed by atoms with Crippen molar-refractivity contribution in [3.63, 3.8) is 0 Å². The molecule has 1 N–H and O–H groups in total. The molecule has 0 aromatic rings. The van der Waals surface area contributed by atoms with Crippen LogP contribution in [0.3, 0.4) is 0 Å². The first-order valence-electron chi connectivity index (χ1n) is 6.84. The molecule has 1 fully saturated rings. The fourth-order valence-corrected chi connectivity index (χ4v) is 2.20. The molecule has 3 heteroatoms. The summed E-state index contributed by atoms with van der Waals surface area (Å²) < 4.78 is 11.7. The minimum absolute atomic E-state index is 0.0890. The van der Waals surface area contributed by atoms with Gasteiger partial charge in [0.25, 0.3) is 0 Å². The Hall–Kier alpha value is -0.120. The molecule has 0 aromatic carbocycles. The van der Waals surface area contributed by atoms with Gasteiger partial charge in [-0.05, 0) is 12.8 Å². The molecule has 1 heterocycles. The lowest BCUT2D eigenvalue weighted by Crippen LogP contribution is -2.48. The highest BCUT2D eigenvalue weighted by atomic mass is 16.7. The van der Waals surface area contributed by atoms with Gasteiger partial charge in [0.05, 0.1) is 19.8 Å². The van der Waals surface area contributed by atoms with Crippen LogP contribution in [0.25, 0.3) is 0 Å². The van der Waals surface area contributed by atoms with Gasteiger partial charge in [-0.25, -0.2) is 0 Å². The molecule has 1 aliphatic rings. The van der Waals surface area contributed by atoms with Crippen molar-refractivity contribution in [3.8, 4) is 0 Å². The van der Waals surface area contributed by atoms with Crippen LogP contribution in [0.5, 0.6) is 0 Å². The molecule has 0 saturated carbocycles. The standard InChI is InChI=1S/C14H28O3/c1-5-7-8-14(6-2)10-16-12(17-11-14)13(3,4)9-15/h12,15H,5-11H2,1-4H3. The van der Waals surface area contributed by atoms with Gasteiger partial charge in [0.2, 0.25) is 0 Å². The molecule has 17 heavy (non-hydrogen) atoms. The largest absolute Gasteiger partial charge is 0.396 e. The van der Waals surface area contributed by atoms with Crippen molar-refractivity contribution >= 4 is 0 Å². The summed E-state index contributed by atoms with van der Waals surface area (Å²) >= 11 is 0. The monoisotopic (exact) mass is 244 g/mol. The lowest BCUT2D eigenvalue weighted by Gasteiger charge is -2.44. The van der Waals surface area contributed by atoms with Crippen molar-refractivity contribution < 1.29 is 14.6 Å². The highest BCUT2D eigenvalue weighted by molar-refractivity contribution is 4.84. The van der Waals surface area contributed by atoms with Crippen molar-refractivity contribution in [1.29, 1.82) is 0 Å². The van der Waals surface area contributed by atoms with Gasteiger partial charge in [0, 0.05) is 10.8 Å².